The van der Waals surface area contributed by atoms with Crippen molar-refractivity contribution in [3.63, 3.8) is 0 Å². The van der Waals surface area contributed by atoms with E-state index in [1.165, 1.54) is 70.6 Å². The number of carbonyl (C=O) groups is 1. The first-order chi connectivity index (χ1) is 9.31. The molecule has 1 unspecified atom stereocenters. The van der Waals surface area contributed by atoms with Gasteiger partial charge in [-0.3, -0.25) is 0 Å². The van der Waals surface area contributed by atoms with Crippen molar-refractivity contribution in [1.82, 2.24) is 0 Å². The summed E-state index contributed by atoms with van der Waals surface area (Å²) in [6.45, 7) is 2.26. The molecule has 0 aliphatic carbocycles. The smallest absolute Gasteiger partial charge is 0.122 e. The van der Waals surface area contributed by atoms with Crippen molar-refractivity contribution in [3.05, 3.63) is 0 Å². The lowest BCUT2D eigenvalue weighted by molar-refractivity contribution is -0.109. The van der Waals surface area contributed by atoms with Gasteiger partial charge in [-0.2, -0.15) is 0 Å². The Kier molecular flexibility index (Phi) is 15.4. The fourth-order valence-corrected chi connectivity index (χ4v) is 2.45. The van der Waals surface area contributed by atoms with Gasteiger partial charge in [-0.25, -0.2) is 0 Å². The zero-order valence-electron chi connectivity index (χ0n) is 12.9. The first-order valence-corrected chi connectivity index (χ1v) is 8.43. The minimum absolute atomic E-state index is 0.304. The van der Waals surface area contributed by atoms with E-state index in [4.69, 9.17) is 0 Å². The molecule has 0 heterocycles. The maximum absolute atomic E-state index is 10.2. The summed E-state index contributed by atoms with van der Waals surface area (Å²) in [4.78, 5) is 10.2. The van der Waals surface area contributed by atoms with E-state index < -0.39 is 6.10 Å². The summed E-state index contributed by atoms with van der Waals surface area (Å²) in [5.74, 6) is 0. The summed E-state index contributed by atoms with van der Waals surface area (Å²) in [6, 6.07) is 0. The molecule has 0 aromatic rings. The van der Waals surface area contributed by atoms with Crippen LogP contribution in [0.4, 0.5) is 0 Å². The standard InChI is InChI=1S/C17H34O2/c1-2-3-4-5-6-7-8-9-10-11-12-13-14-17(19)15-16-18/h16-17,19H,2-15H2,1H3. The third-order valence-electron chi connectivity index (χ3n) is 3.76. The maximum Gasteiger partial charge on any atom is 0.122 e. The summed E-state index contributed by atoms with van der Waals surface area (Å²) >= 11 is 0. The molecule has 2 nitrogen and oxygen atoms in total. The quantitative estimate of drug-likeness (QED) is 0.335. The highest BCUT2D eigenvalue weighted by molar-refractivity contribution is 5.49. The Morgan fingerprint density at radius 2 is 1.21 bits per heavy atom. The Hall–Kier alpha value is -0.370. The van der Waals surface area contributed by atoms with Crippen LogP contribution in [0.25, 0.3) is 0 Å². The molecular formula is C17H34O2. The molecule has 0 fully saturated rings. The van der Waals surface area contributed by atoms with Crippen LogP contribution in [0.2, 0.25) is 0 Å². The first kappa shape index (κ1) is 18.6. The van der Waals surface area contributed by atoms with E-state index in [2.05, 4.69) is 6.92 Å². The number of aliphatic hydroxyl groups is 1. The second-order valence-electron chi connectivity index (χ2n) is 5.73. The lowest BCUT2D eigenvalue weighted by atomic mass is 10.0. The van der Waals surface area contributed by atoms with Gasteiger partial charge in [-0.05, 0) is 6.42 Å². The molecule has 19 heavy (non-hydrogen) atoms. The Labute approximate surface area is 120 Å². The number of aldehydes is 1. The van der Waals surface area contributed by atoms with Crippen molar-refractivity contribution in [1.29, 1.82) is 0 Å². The van der Waals surface area contributed by atoms with Crippen LogP contribution in [0.3, 0.4) is 0 Å². The van der Waals surface area contributed by atoms with Gasteiger partial charge in [0.1, 0.15) is 6.29 Å². The monoisotopic (exact) mass is 270 g/mol. The molecular weight excluding hydrogens is 236 g/mol. The normalized spacial score (nSPS) is 12.5. The average Bonchev–Trinajstić information content (AvgIpc) is 2.40. The SMILES string of the molecule is CCCCCCCCCCCCCCC(O)CC=O. The van der Waals surface area contributed by atoms with Crippen LogP contribution in [0.15, 0.2) is 0 Å². The highest BCUT2D eigenvalue weighted by Crippen LogP contribution is 2.13. The molecule has 0 amide bonds. The first-order valence-electron chi connectivity index (χ1n) is 8.43. The summed E-state index contributed by atoms with van der Waals surface area (Å²) in [5.41, 5.74) is 0. The molecule has 0 saturated carbocycles. The Morgan fingerprint density at radius 1 is 0.789 bits per heavy atom. The fourth-order valence-electron chi connectivity index (χ4n) is 2.45. The molecule has 0 rings (SSSR count). The molecule has 0 saturated heterocycles. The second-order valence-corrected chi connectivity index (χ2v) is 5.73. The molecule has 0 aromatic carbocycles. The summed E-state index contributed by atoms with van der Waals surface area (Å²) in [7, 11) is 0. The van der Waals surface area contributed by atoms with Crippen LogP contribution in [0.5, 0.6) is 0 Å². The molecule has 2 heteroatoms. The van der Waals surface area contributed by atoms with Crippen LogP contribution in [0, 0.1) is 0 Å². The topological polar surface area (TPSA) is 37.3 Å². The molecule has 1 N–H and O–H groups in total. The van der Waals surface area contributed by atoms with Gasteiger partial charge in [0.15, 0.2) is 0 Å². The van der Waals surface area contributed by atoms with Crippen LogP contribution in [-0.2, 0) is 4.79 Å². The zero-order chi connectivity index (χ0) is 14.2. The van der Waals surface area contributed by atoms with Crippen LogP contribution >= 0.6 is 0 Å². The summed E-state index contributed by atoms with van der Waals surface area (Å²) < 4.78 is 0. The van der Waals surface area contributed by atoms with Gasteiger partial charge in [0.05, 0.1) is 6.10 Å². The van der Waals surface area contributed by atoms with Gasteiger partial charge >= 0.3 is 0 Å². The lowest BCUT2D eigenvalue weighted by Gasteiger charge is -2.06. The molecule has 114 valence electrons. The maximum atomic E-state index is 10.2. The number of rotatable bonds is 15. The van der Waals surface area contributed by atoms with Gasteiger partial charge in [0.2, 0.25) is 0 Å². The Balaban J connectivity index is 3.00. The molecule has 0 aromatic heterocycles. The molecule has 0 radical (unpaired) electrons. The van der Waals surface area contributed by atoms with Crippen LogP contribution in [0.1, 0.15) is 96.8 Å². The third kappa shape index (κ3) is 15.6. The molecule has 1 atom stereocenters. The van der Waals surface area contributed by atoms with E-state index >= 15 is 0 Å². The fraction of sp³-hybridized carbons (Fsp3) is 0.941. The largest absolute Gasteiger partial charge is 0.393 e. The van der Waals surface area contributed by atoms with Crippen molar-refractivity contribution >= 4 is 6.29 Å². The summed E-state index contributed by atoms with van der Waals surface area (Å²) in [5, 5.41) is 9.38. The van der Waals surface area contributed by atoms with E-state index in [1.54, 1.807) is 0 Å². The van der Waals surface area contributed by atoms with E-state index in [-0.39, 0.29) is 0 Å². The van der Waals surface area contributed by atoms with E-state index in [9.17, 15) is 9.90 Å². The number of hydrogen-bond donors (Lipinski definition) is 1. The van der Waals surface area contributed by atoms with Gasteiger partial charge in [0.25, 0.3) is 0 Å². The van der Waals surface area contributed by atoms with Gasteiger partial charge in [-0.1, -0.05) is 84.0 Å². The van der Waals surface area contributed by atoms with Crippen LogP contribution < -0.4 is 0 Å². The number of aliphatic hydroxyl groups excluding tert-OH is 1. The minimum atomic E-state index is -0.402. The van der Waals surface area contributed by atoms with Crippen molar-refractivity contribution in [2.24, 2.45) is 0 Å². The molecule has 0 bridgehead atoms. The van der Waals surface area contributed by atoms with Crippen molar-refractivity contribution in [3.8, 4) is 0 Å². The van der Waals surface area contributed by atoms with Crippen molar-refractivity contribution < 1.29 is 9.90 Å². The number of carbonyl (C=O) groups excluding carboxylic acids is 1. The van der Waals surface area contributed by atoms with Gasteiger partial charge in [-0.15, -0.1) is 0 Å². The minimum Gasteiger partial charge on any atom is -0.393 e. The highest BCUT2D eigenvalue weighted by atomic mass is 16.3. The lowest BCUT2D eigenvalue weighted by Crippen LogP contribution is -2.06. The Bertz CT molecular complexity index is 180. The van der Waals surface area contributed by atoms with Crippen molar-refractivity contribution in [2.75, 3.05) is 0 Å². The molecule has 0 aliphatic rings. The van der Waals surface area contributed by atoms with E-state index in [1.807, 2.05) is 0 Å². The zero-order valence-corrected chi connectivity index (χ0v) is 12.9. The second kappa shape index (κ2) is 15.7. The number of hydrogen-bond acceptors (Lipinski definition) is 2. The average molecular weight is 270 g/mol. The molecule has 0 aliphatic heterocycles. The third-order valence-corrected chi connectivity index (χ3v) is 3.76. The van der Waals surface area contributed by atoms with E-state index in [0.29, 0.717) is 6.42 Å². The molecule has 0 spiro atoms. The Morgan fingerprint density at radius 3 is 1.63 bits per heavy atom. The van der Waals surface area contributed by atoms with Crippen LogP contribution in [-0.4, -0.2) is 17.5 Å². The number of unbranched alkanes of at least 4 members (excludes halogenated alkanes) is 11. The highest BCUT2D eigenvalue weighted by Gasteiger charge is 2.01. The van der Waals surface area contributed by atoms with Gasteiger partial charge in [0, 0.05) is 6.42 Å². The predicted octanol–water partition coefficient (Wildman–Crippen LogP) is 5.03. The van der Waals surface area contributed by atoms with Gasteiger partial charge < -0.3 is 9.90 Å². The summed E-state index contributed by atoms with van der Waals surface area (Å²) in [6.07, 6.45) is 17.5. The van der Waals surface area contributed by atoms with Crippen molar-refractivity contribution in [2.45, 2.75) is 103 Å². The predicted molar refractivity (Wildman–Crippen MR) is 82.4 cm³/mol. The van der Waals surface area contributed by atoms with E-state index in [0.717, 1.165) is 19.1 Å².